The van der Waals surface area contributed by atoms with Crippen LogP contribution in [0, 0.1) is 0 Å². The summed E-state index contributed by atoms with van der Waals surface area (Å²) in [7, 11) is 0. The van der Waals surface area contributed by atoms with Crippen molar-refractivity contribution >= 4 is 24.7 Å². The standard InChI is InChI=1S/C13H11.Bi.2H/c1-3-7-12(8-4-1)11-13-9-5-2-6-10-13;;;/h1-11H;;;. The summed E-state index contributed by atoms with van der Waals surface area (Å²) >= 11 is 0.949. The molecule has 0 nitrogen and oxygen atoms in total. The molecule has 0 saturated carbocycles. The van der Waals surface area contributed by atoms with E-state index in [0.717, 1.165) is 24.7 Å². The third-order valence-electron chi connectivity index (χ3n) is 2.32. The van der Waals surface area contributed by atoms with Crippen molar-refractivity contribution in [2.45, 2.75) is 3.63 Å². The molecular weight excluding hydrogens is 365 g/mol. The molecule has 0 aliphatic rings. The van der Waals surface area contributed by atoms with Crippen LogP contribution >= 0.6 is 0 Å². The van der Waals surface area contributed by atoms with Gasteiger partial charge in [0.25, 0.3) is 0 Å². The predicted octanol–water partition coefficient (Wildman–Crippen LogP) is 2.41. The van der Waals surface area contributed by atoms with Gasteiger partial charge in [-0.25, -0.2) is 0 Å². The summed E-state index contributed by atoms with van der Waals surface area (Å²) in [5, 5.41) is 0. The fraction of sp³-hybridized carbons (Fsp3) is 0.0769. The van der Waals surface area contributed by atoms with Gasteiger partial charge in [0.1, 0.15) is 0 Å². The van der Waals surface area contributed by atoms with Gasteiger partial charge in [-0.2, -0.15) is 0 Å². The van der Waals surface area contributed by atoms with E-state index in [0.29, 0.717) is 3.63 Å². The van der Waals surface area contributed by atoms with E-state index in [9.17, 15) is 0 Å². The van der Waals surface area contributed by atoms with Crippen molar-refractivity contribution in [1.29, 1.82) is 0 Å². The van der Waals surface area contributed by atoms with Crippen LogP contribution in [0.15, 0.2) is 60.7 Å². The predicted molar refractivity (Wildman–Crippen MR) is 63.3 cm³/mol. The first kappa shape index (κ1) is 9.86. The Bertz CT molecular complexity index is 341. The van der Waals surface area contributed by atoms with E-state index in [1.807, 2.05) is 0 Å². The van der Waals surface area contributed by atoms with Crippen molar-refractivity contribution in [1.82, 2.24) is 0 Å². The van der Waals surface area contributed by atoms with Crippen molar-refractivity contribution in [3.8, 4) is 0 Å². The molecule has 0 saturated heterocycles. The van der Waals surface area contributed by atoms with Gasteiger partial charge in [0.2, 0.25) is 0 Å². The van der Waals surface area contributed by atoms with Crippen LogP contribution in [-0.4, -0.2) is 24.7 Å². The van der Waals surface area contributed by atoms with E-state index in [1.165, 1.54) is 11.1 Å². The third-order valence-corrected chi connectivity index (χ3v) is 5.31. The van der Waals surface area contributed by atoms with Gasteiger partial charge in [-0.3, -0.25) is 0 Å². The fourth-order valence-electron chi connectivity index (χ4n) is 1.51. The van der Waals surface area contributed by atoms with Crippen LogP contribution in [0.4, 0.5) is 0 Å². The van der Waals surface area contributed by atoms with Crippen LogP contribution in [0.25, 0.3) is 0 Å². The summed E-state index contributed by atoms with van der Waals surface area (Å²) in [5.74, 6) is 0. The molecule has 2 rings (SSSR count). The van der Waals surface area contributed by atoms with Crippen molar-refractivity contribution in [2.75, 3.05) is 0 Å². The number of hydrogen-bond acceptors (Lipinski definition) is 0. The van der Waals surface area contributed by atoms with Crippen LogP contribution in [0.5, 0.6) is 0 Å². The van der Waals surface area contributed by atoms with Crippen molar-refractivity contribution < 1.29 is 0 Å². The van der Waals surface area contributed by atoms with E-state index in [-0.39, 0.29) is 0 Å². The van der Waals surface area contributed by atoms with Gasteiger partial charge in [0.15, 0.2) is 0 Å². The second-order valence-corrected chi connectivity index (χ2v) is 5.89. The summed E-state index contributed by atoms with van der Waals surface area (Å²) in [6.45, 7) is 0. The van der Waals surface area contributed by atoms with E-state index in [4.69, 9.17) is 0 Å². The summed E-state index contributed by atoms with van der Waals surface area (Å²) in [6.07, 6.45) is 0. The van der Waals surface area contributed by atoms with Crippen LogP contribution in [0.3, 0.4) is 0 Å². The van der Waals surface area contributed by atoms with Crippen molar-refractivity contribution in [3.63, 3.8) is 0 Å². The minimum atomic E-state index is 0.650. The molecule has 0 spiro atoms. The van der Waals surface area contributed by atoms with E-state index >= 15 is 0 Å². The van der Waals surface area contributed by atoms with Gasteiger partial charge in [-0.15, -0.1) is 0 Å². The van der Waals surface area contributed by atoms with Crippen LogP contribution < -0.4 is 0 Å². The zero-order valence-electron chi connectivity index (χ0n) is 7.93. The summed E-state index contributed by atoms with van der Waals surface area (Å²) in [5.41, 5.74) is 2.90. The molecule has 2 aromatic carbocycles. The summed E-state index contributed by atoms with van der Waals surface area (Å²) < 4.78 is 0.650. The monoisotopic (exact) mass is 378 g/mol. The van der Waals surface area contributed by atoms with Gasteiger partial charge in [-0.1, -0.05) is 0 Å². The Hall–Kier alpha value is -0.677. The molecule has 0 atom stereocenters. The third kappa shape index (κ3) is 2.22. The molecule has 0 amide bonds. The normalized spacial score (nSPS) is 10.4. The molecule has 70 valence electrons. The van der Waals surface area contributed by atoms with E-state index < -0.39 is 0 Å². The zero-order chi connectivity index (χ0) is 9.80. The molecule has 0 radical (unpaired) electrons. The zero-order valence-corrected chi connectivity index (χ0v) is 12.4. The molecule has 0 bridgehead atoms. The summed E-state index contributed by atoms with van der Waals surface area (Å²) in [6, 6.07) is 21.5. The maximum absolute atomic E-state index is 2.22. The Morgan fingerprint density at radius 2 is 1.00 bits per heavy atom. The minimum absolute atomic E-state index is 0.650. The van der Waals surface area contributed by atoms with Gasteiger partial charge in [0, 0.05) is 0 Å². The average Bonchev–Trinajstić information content (AvgIpc) is 2.30. The topological polar surface area (TPSA) is 0 Å². The Morgan fingerprint density at radius 1 is 0.643 bits per heavy atom. The Morgan fingerprint density at radius 3 is 1.36 bits per heavy atom. The molecule has 0 heterocycles. The van der Waals surface area contributed by atoms with Gasteiger partial charge in [0.05, 0.1) is 0 Å². The molecule has 14 heavy (non-hydrogen) atoms. The Labute approximate surface area is 99.8 Å². The molecule has 0 fully saturated rings. The Kier molecular flexibility index (Phi) is 3.32. The maximum atomic E-state index is 2.22. The van der Waals surface area contributed by atoms with Crippen molar-refractivity contribution in [2.24, 2.45) is 0 Å². The second-order valence-electron chi connectivity index (χ2n) is 3.30. The number of benzene rings is 2. The van der Waals surface area contributed by atoms with Crippen LogP contribution in [-0.2, 0) is 0 Å². The molecule has 0 aliphatic carbocycles. The first-order chi connectivity index (χ1) is 6.88. The second kappa shape index (κ2) is 4.71. The molecule has 1 heteroatoms. The van der Waals surface area contributed by atoms with Crippen LogP contribution in [0.2, 0.25) is 0 Å². The molecule has 0 N–H and O–H groups in total. The Balaban J connectivity index is 2.30. The fourth-order valence-corrected chi connectivity index (χ4v) is 3.24. The number of hydrogen-bond donors (Lipinski definition) is 0. The van der Waals surface area contributed by atoms with Crippen LogP contribution in [0.1, 0.15) is 14.8 Å². The average molecular weight is 378 g/mol. The SMILES string of the molecule is [BiH2][CH](c1ccccc1)c1ccccc1. The van der Waals surface area contributed by atoms with E-state index in [2.05, 4.69) is 60.7 Å². The quantitative estimate of drug-likeness (QED) is 0.705. The first-order valence-electron chi connectivity index (χ1n) is 4.73. The van der Waals surface area contributed by atoms with Gasteiger partial charge in [-0.05, 0) is 0 Å². The summed E-state index contributed by atoms with van der Waals surface area (Å²) in [4.78, 5) is 0. The van der Waals surface area contributed by atoms with Crippen molar-refractivity contribution in [3.05, 3.63) is 71.8 Å². The molecule has 0 unspecified atom stereocenters. The molecule has 2 aromatic rings. The molecular formula is C13H13Bi. The van der Waals surface area contributed by atoms with E-state index in [1.54, 1.807) is 0 Å². The molecule has 0 aliphatic heterocycles. The van der Waals surface area contributed by atoms with Gasteiger partial charge < -0.3 is 0 Å². The number of rotatable bonds is 2. The van der Waals surface area contributed by atoms with Gasteiger partial charge >= 0.3 is 100 Å². The first-order valence-corrected chi connectivity index (χ1v) is 7.32. The molecule has 0 aromatic heterocycles.